The number of ether oxygens (including phenoxy) is 1. The van der Waals surface area contributed by atoms with Crippen molar-refractivity contribution in [2.75, 3.05) is 19.8 Å². The van der Waals surface area contributed by atoms with Crippen LogP contribution >= 0.6 is 0 Å². The van der Waals surface area contributed by atoms with Gasteiger partial charge in [-0.25, -0.2) is 0 Å². The molecule has 2 aliphatic carbocycles. The first-order valence-corrected chi connectivity index (χ1v) is 10.9. The van der Waals surface area contributed by atoms with E-state index in [1.54, 1.807) is 0 Å². The number of hydrogen-bond donors (Lipinski definition) is 2. The van der Waals surface area contributed by atoms with Gasteiger partial charge in [-0.15, -0.1) is 0 Å². The maximum atomic E-state index is 13.3. The third-order valence-electron chi connectivity index (χ3n) is 6.96. The van der Waals surface area contributed by atoms with Gasteiger partial charge in [0.15, 0.2) is 0 Å². The number of rotatable bonds is 3. The molecule has 150 valence electrons. The van der Waals surface area contributed by atoms with Crippen LogP contribution in [0.15, 0.2) is 23.9 Å². The molecule has 2 heterocycles. The van der Waals surface area contributed by atoms with Crippen LogP contribution < -0.4 is 5.32 Å². The Morgan fingerprint density at radius 2 is 2.00 bits per heavy atom. The molecule has 4 aliphatic rings. The molecule has 2 saturated heterocycles. The van der Waals surface area contributed by atoms with E-state index in [1.807, 2.05) is 4.90 Å². The number of aliphatic hydroxyl groups is 1. The molecule has 3 fully saturated rings. The molecule has 5 heteroatoms. The lowest BCUT2D eigenvalue weighted by Gasteiger charge is -2.52. The summed E-state index contributed by atoms with van der Waals surface area (Å²) >= 11 is 0. The minimum absolute atomic E-state index is 0.0216. The van der Waals surface area contributed by atoms with Crippen LogP contribution in [0.1, 0.15) is 64.2 Å². The number of fused-ring (bicyclic) bond motifs is 1. The van der Waals surface area contributed by atoms with Crippen molar-refractivity contribution in [1.29, 1.82) is 0 Å². The normalized spacial score (nSPS) is 35.1. The molecule has 0 radical (unpaired) electrons. The maximum absolute atomic E-state index is 13.3. The molecule has 3 atom stereocenters. The van der Waals surface area contributed by atoms with Crippen LogP contribution in [0.2, 0.25) is 0 Å². The average Bonchev–Trinajstić information content (AvgIpc) is 2.92. The number of carbonyl (C=O) groups excluding carboxylic acids is 1. The summed E-state index contributed by atoms with van der Waals surface area (Å²) in [5.74, 6) is 0.318. The average molecular weight is 375 g/mol. The summed E-state index contributed by atoms with van der Waals surface area (Å²) in [5.41, 5.74) is 0.300. The highest BCUT2D eigenvalue weighted by atomic mass is 16.5. The zero-order valence-electron chi connectivity index (χ0n) is 16.4. The van der Waals surface area contributed by atoms with Crippen molar-refractivity contribution in [3.8, 4) is 0 Å². The Bertz CT molecular complexity index is 596. The Morgan fingerprint density at radius 1 is 1.15 bits per heavy atom. The zero-order valence-corrected chi connectivity index (χ0v) is 16.4. The fourth-order valence-corrected chi connectivity index (χ4v) is 5.41. The minimum atomic E-state index is -0.832. The predicted molar refractivity (Wildman–Crippen MR) is 105 cm³/mol. The highest BCUT2D eigenvalue weighted by molar-refractivity contribution is 5.79. The Kier molecular flexibility index (Phi) is 5.88. The van der Waals surface area contributed by atoms with Crippen molar-refractivity contribution in [2.24, 2.45) is 5.92 Å². The van der Waals surface area contributed by atoms with Gasteiger partial charge in [-0.3, -0.25) is 4.79 Å². The molecule has 0 aromatic rings. The topological polar surface area (TPSA) is 61.8 Å². The lowest BCUT2D eigenvalue weighted by Crippen LogP contribution is -2.68. The van der Waals surface area contributed by atoms with E-state index in [1.165, 1.54) is 0 Å². The van der Waals surface area contributed by atoms with E-state index in [4.69, 9.17) is 4.74 Å². The molecule has 0 aromatic heterocycles. The SMILES string of the molecule is O=C(C1CCOCC1)N1CCC(NC2=CCCC=C2)C2(O)CCCCCC12. The number of likely N-dealkylation sites (tertiary alicyclic amines) is 1. The lowest BCUT2D eigenvalue weighted by atomic mass is 9.76. The van der Waals surface area contributed by atoms with Gasteiger partial charge in [0.05, 0.1) is 12.1 Å². The third-order valence-corrected chi connectivity index (χ3v) is 6.96. The van der Waals surface area contributed by atoms with E-state index >= 15 is 0 Å². The molecule has 1 saturated carbocycles. The van der Waals surface area contributed by atoms with Crippen LogP contribution in [0.25, 0.3) is 0 Å². The number of piperidine rings is 1. The molecule has 5 nitrogen and oxygen atoms in total. The van der Waals surface area contributed by atoms with Crippen molar-refractivity contribution in [1.82, 2.24) is 10.2 Å². The molecule has 0 aromatic carbocycles. The third kappa shape index (κ3) is 3.95. The van der Waals surface area contributed by atoms with E-state index in [0.29, 0.717) is 13.2 Å². The first kappa shape index (κ1) is 19.0. The van der Waals surface area contributed by atoms with Gasteiger partial charge in [0.25, 0.3) is 0 Å². The monoisotopic (exact) mass is 374 g/mol. The van der Waals surface area contributed by atoms with Gasteiger partial charge in [-0.2, -0.15) is 0 Å². The molecule has 1 amide bonds. The quantitative estimate of drug-likeness (QED) is 0.797. The Balaban J connectivity index is 1.54. The highest BCUT2D eigenvalue weighted by Gasteiger charge is 2.51. The lowest BCUT2D eigenvalue weighted by molar-refractivity contribution is -0.158. The van der Waals surface area contributed by atoms with E-state index in [2.05, 4.69) is 23.5 Å². The van der Waals surface area contributed by atoms with Gasteiger partial charge in [-0.1, -0.05) is 31.4 Å². The van der Waals surface area contributed by atoms with Crippen molar-refractivity contribution in [2.45, 2.75) is 81.9 Å². The van der Waals surface area contributed by atoms with Crippen LogP contribution in [0, 0.1) is 5.92 Å². The Labute approximate surface area is 162 Å². The van der Waals surface area contributed by atoms with Crippen molar-refractivity contribution in [3.05, 3.63) is 23.9 Å². The smallest absolute Gasteiger partial charge is 0.226 e. The van der Waals surface area contributed by atoms with Crippen LogP contribution in [-0.4, -0.2) is 53.4 Å². The summed E-state index contributed by atoms with van der Waals surface area (Å²) in [7, 11) is 0. The van der Waals surface area contributed by atoms with Gasteiger partial charge in [0.1, 0.15) is 5.60 Å². The van der Waals surface area contributed by atoms with Crippen LogP contribution in [-0.2, 0) is 9.53 Å². The van der Waals surface area contributed by atoms with Gasteiger partial charge >= 0.3 is 0 Å². The second-order valence-electron chi connectivity index (χ2n) is 8.65. The first-order valence-electron chi connectivity index (χ1n) is 10.9. The van der Waals surface area contributed by atoms with Gasteiger partial charge < -0.3 is 20.1 Å². The molecule has 27 heavy (non-hydrogen) atoms. The molecule has 2 N–H and O–H groups in total. The molecule has 4 rings (SSSR count). The Hall–Kier alpha value is -1.33. The van der Waals surface area contributed by atoms with Gasteiger partial charge in [0, 0.05) is 31.4 Å². The summed E-state index contributed by atoms with van der Waals surface area (Å²) in [5, 5.41) is 15.5. The van der Waals surface area contributed by atoms with Crippen molar-refractivity contribution in [3.63, 3.8) is 0 Å². The van der Waals surface area contributed by atoms with Crippen LogP contribution in [0.4, 0.5) is 0 Å². The molecule has 2 aliphatic heterocycles. The van der Waals surface area contributed by atoms with E-state index in [9.17, 15) is 9.90 Å². The van der Waals surface area contributed by atoms with Gasteiger partial charge in [-0.05, 0) is 51.0 Å². The fraction of sp³-hybridized carbons (Fsp3) is 0.773. The molecular formula is C22H34N2O3. The van der Waals surface area contributed by atoms with Crippen molar-refractivity contribution < 1.29 is 14.6 Å². The number of carbonyl (C=O) groups is 1. The highest BCUT2D eigenvalue weighted by Crippen LogP contribution is 2.39. The number of nitrogens with one attached hydrogen (secondary N) is 1. The van der Waals surface area contributed by atoms with E-state index in [0.717, 1.165) is 76.5 Å². The van der Waals surface area contributed by atoms with Crippen LogP contribution in [0.3, 0.4) is 0 Å². The standard InChI is InChI=1S/C22H34N2O3/c25-21(17-11-15-27-16-12-17)24-14-10-19(23-18-7-3-1-4-8-18)22(26)13-6-2-5-9-20(22)24/h3,7-8,17,19-20,23,26H,1-2,4-6,9-16H2. The number of nitrogens with zero attached hydrogens (tertiary/aromatic N) is 1. The number of hydrogen-bond acceptors (Lipinski definition) is 4. The van der Waals surface area contributed by atoms with Gasteiger partial charge in [0.2, 0.25) is 5.91 Å². The van der Waals surface area contributed by atoms with Crippen molar-refractivity contribution >= 4 is 5.91 Å². The van der Waals surface area contributed by atoms with Crippen LogP contribution in [0.5, 0.6) is 0 Å². The number of allylic oxidation sites excluding steroid dienone is 3. The largest absolute Gasteiger partial charge is 0.386 e. The summed E-state index contributed by atoms with van der Waals surface area (Å²) in [6.07, 6.45) is 16.1. The van der Waals surface area contributed by atoms with E-state index in [-0.39, 0.29) is 23.9 Å². The molecule has 3 unspecified atom stereocenters. The predicted octanol–water partition coefficient (Wildman–Crippen LogP) is 2.90. The summed E-state index contributed by atoms with van der Waals surface area (Å²) in [6, 6.07) is -0.0388. The number of amides is 1. The fourth-order valence-electron chi connectivity index (χ4n) is 5.41. The maximum Gasteiger partial charge on any atom is 0.226 e. The first-order chi connectivity index (χ1) is 13.2. The Morgan fingerprint density at radius 3 is 2.78 bits per heavy atom. The minimum Gasteiger partial charge on any atom is -0.386 e. The second-order valence-corrected chi connectivity index (χ2v) is 8.65. The molecular weight excluding hydrogens is 340 g/mol. The molecule has 0 spiro atoms. The summed E-state index contributed by atoms with van der Waals surface area (Å²) in [6.45, 7) is 2.12. The zero-order chi connectivity index (χ0) is 18.7. The second kappa shape index (κ2) is 8.36. The van der Waals surface area contributed by atoms with E-state index < -0.39 is 5.60 Å². The summed E-state index contributed by atoms with van der Waals surface area (Å²) < 4.78 is 5.44. The molecule has 0 bridgehead atoms. The summed E-state index contributed by atoms with van der Waals surface area (Å²) in [4.78, 5) is 15.3.